The molecule has 0 aliphatic rings. The average molecular weight is 386 g/mol. The monoisotopic (exact) mass is 386 g/mol. The number of aromatic carboxylic acids is 1. The third kappa shape index (κ3) is 6.09. The van der Waals surface area contributed by atoms with E-state index in [2.05, 4.69) is 6.92 Å². The van der Waals surface area contributed by atoms with Gasteiger partial charge in [-0.05, 0) is 41.8 Å². The molecule has 2 aromatic carbocycles. The van der Waals surface area contributed by atoms with E-state index in [-0.39, 0.29) is 12.0 Å². The van der Waals surface area contributed by atoms with Gasteiger partial charge in [0.25, 0.3) is 0 Å². The molecule has 0 saturated heterocycles. The molecule has 0 aliphatic carbocycles. The van der Waals surface area contributed by atoms with Gasteiger partial charge in [-0.1, -0.05) is 44.4 Å². The van der Waals surface area contributed by atoms with E-state index in [4.69, 9.17) is 9.84 Å². The van der Waals surface area contributed by atoms with Crippen LogP contribution < -0.4 is 4.74 Å². The number of ether oxygens (including phenoxy) is 1. The fourth-order valence-electron chi connectivity index (χ4n) is 2.96. The quantitative estimate of drug-likeness (QED) is 0.503. The van der Waals surface area contributed by atoms with Gasteiger partial charge in [0, 0.05) is 5.56 Å². The molecule has 150 valence electrons. The second-order valence-corrected chi connectivity index (χ2v) is 6.68. The van der Waals surface area contributed by atoms with Gasteiger partial charge in [-0.3, -0.25) is 4.79 Å². The van der Waals surface area contributed by atoms with Gasteiger partial charge in [0.05, 0.1) is 18.6 Å². The number of hydrogen-bond acceptors (Lipinski definition) is 4. The summed E-state index contributed by atoms with van der Waals surface area (Å²) in [7, 11) is 0. The van der Waals surface area contributed by atoms with Crippen molar-refractivity contribution in [2.75, 3.05) is 6.61 Å². The largest absolute Gasteiger partial charge is 0.493 e. The second kappa shape index (κ2) is 10.5. The number of carboxylic acid groups (broad SMARTS) is 2. The fraction of sp³-hybridized carbons (Fsp3) is 0.364. The highest BCUT2D eigenvalue weighted by Crippen LogP contribution is 2.28. The SMILES string of the molecule is CCCCCCOc1ccc(C(O)c2cccc(C(=O)O)c2)cc1CC(=O)O. The van der Waals surface area contributed by atoms with Crippen LogP contribution in [0.1, 0.15) is 65.8 Å². The standard InChI is InChI=1S/C22H26O6/c1-2-3-4-5-11-28-19-10-9-16(13-18(19)14-20(23)24)21(25)15-7-6-8-17(12-15)22(26)27/h6-10,12-13,21,25H,2-5,11,14H2,1H3,(H,23,24)(H,26,27). The smallest absolute Gasteiger partial charge is 0.335 e. The molecule has 2 rings (SSSR count). The van der Waals surface area contributed by atoms with Gasteiger partial charge in [-0.25, -0.2) is 4.79 Å². The van der Waals surface area contributed by atoms with Crippen molar-refractivity contribution in [2.45, 2.75) is 45.1 Å². The highest BCUT2D eigenvalue weighted by atomic mass is 16.5. The molecule has 0 aromatic heterocycles. The first-order valence-corrected chi connectivity index (χ1v) is 9.41. The third-order valence-electron chi connectivity index (χ3n) is 4.45. The lowest BCUT2D eigenvalue weighted by Gasteiger charge is -2.16. The zero-order valence-corrected chi connectivity index (χ0v) is 15.9. The van der Waals surface area contributed by atoms with Gasteiger partial charge < -0.3 is 20.1 Å². The highest BCUT2D eigenvalue weighted by Gasteiger charge is 2.16. The Bertz CT molecular complexity index is 814. The normalized spacial score (nSPS) is 11.8. The van der Waals surface area contributed by atoms with Crippen LogP contribution in [-0.4, -0.2) is 33.9 Å². The molecule has 0 bridgehead atoms. The Labute approximate surface area is 164 Å². The molecule has 0 radical (unpaired) electrons. The van der Waals surface area contributed by atoms with E-state index < -0.39 is 18.0 Å². The van der Waals surface area contributed by atoms with Gasteiger partial charge in [0.15, 0.2) is 0 Å². The number of carboxylic acids is 2. The summed E-state index contributed by atoms with van der Waals surface area (Å²) in [5.41, 5.74) is 1.47. The molecule has 28 heavy (non-hydrogen) atoms. The van der Waals surface area contributed by atoms with Crippen LogP contribution in [-0.2, 0) is 11.2 Å². The van der Waals surface area contributed by atoms with E-state index in [9.17, 15) is 19.8 Å². The maximum Gasteiger partial charge on any atom is 0.335 e. The number of aliphatic carboxylic acids is 1. The van der Waals surface area contributed by atoms with Crippen molar-refractivity contribution in [2.24, 2.45) is 0 Å². The Hall–Kier alpha value is -2.86. The van der Waals surface area contributed by atoms with Gasteiger partial charge in [0.1, 0.15) is 11.9 Å². The minimum absolute atomic E-state index is 0.0781. The zero-order valence-electron chi connectivity index (χ0n) is 15.9. The lowest BCUT2D eigenvalue weighted by Crippen LogP contribution is -2.08. The summed E-state index contributed by atoms with van der Waals surface area (Å²) in [4.78, 5) is 22.4. The molecule has 2 aromatic rings. The van der Waals surface area contributed by atoms with Crippen molar-refractivity contribution in [1.29, 1.82) is 0 Å². The predicted molar refractivity (Wildman–Crippen MR) is 105 cm³/mol. The molecule has 0 aliphatic heterocycles. The number of aliphatic hydroxyl groups excluding tert-OH is 1. The summed E-state index contributed by atoms with van der Waals surface area (Å²) >= 11 is 0. The van der Waals surface area contributed by atoms with E-state index in [1.54, 1.807) is 30.3 Å². The first-order valence-electron chi connectivity index (χ1n) is 9.41. The highest BCUT2D eigenvalue weighted by molar-refractivity contribution is 5.87. The minimum atomic E-state index is -1.08. The third-order valence-corrected chi connectivity index (χ3v) is 4.45. The van der Waals surface area contributed by atoms with Crippen LogP contribution in [0.15, 0.2) is 42.5 Å². The van der Waals surface area contributed by atoms with E-state index in [1.807, 2.05) is 0 Å². The van der Waals surface area contributed by atoms with Crippen LogP contribution in [0.4, 0.5) is 0 Å². The lowest BCUT2D eigenvalue weighted by atomic mass is 9.97. The Morgan fingerprint density at radius 1 is 1.00 bits per heavy atom. The molecule has 0 amide bonds. The minimum Gasteiger partial charge on any atom is -0.493 e. The van der Waals surface area contributed by atoms with Gasteiger partial charge >= 0.3 is 11.9 Å². The molecule has 0 fully saturated rings. The van der Waals surface area contributed by atoms with Crippen LogP contribution in [0, 0.1) is 0 Å². The molecule has 6 heteroatoms. The number of aliphatic hydroxyl groups is 1. The van der Waals surface area contributed by atoms with Gasteiger partial charge in [-0.15, -0.1) is 0 Å². The Kier molecular flexibility index (Phi) is 8.02. The summed E-state index contributed by atoms with van der Waals surface area (Å²) in [5.74, 6) is -1.57. The van der Waals surface area contributed by atoms with Crippen molar-refractivity contribution in [3.05, 3.63) is 64.7 Å². The van der Waals surface area contributed by atoms with Crippen LogP contribution in [0.25, 0.3) is 0 Å². The van der Waals surface area contributed by atoms with Crippen molar-refractivity contribution >= 4 is 11.9 Å². The maximum absolute atomic E-state index is 11.2. The topological polar surface area (TPSA) is 104 Å². The van der Waals surface area contributed by atoms with E-state index in [0.29, 0.717) is 29.0 Å². The van der Waals surface area contributed by atoms with Crippen molar-refractivity contribution < 1.29 is 29.6 Å². The summed E-state index contributed by atoms with van der Waals surface area (Å²) in [5, 5.41) is 28.9. The zero-order chi connectivity index (χ0) is 20.5. The molecule has 0 heterocycles. The maximum atomic E-state index is 11.2. The van der Waals surface area contributed by atoms with E-state index >= 15 is 0 Å². The fourth-order valence-corrected chi connectivity index (χ4v) is 2.96. The van der Waals surface area contributed by atoms with E-state index in [1.165, 1.54) is 12.1 Å². The van der Waals surface area contributed by atoms with Gasteiger partial charge in [0.2, 0.25) is 0 Å². The van der Waals surface area contributed by atoms with Gasteiger partial charge in [-0.2, -0.15) is 0 Å². The summed E-state index contributed by atoms with van der Waals surface area (Å²) in [6.07, 6.45) is 2.92. The average Bonchev–Trinajstić information content (AvgIpc) is 2.67. The Balaban J connectivity index is 2.21. The molecule has 3 N–H and O–H groups in total. The van der Waals surface area contributed by atoms with Crippen LogP contribution in [0.2, 0.25) is 0 Å². The first kappa shape index (κ1) is 21.4. The predicted octanol–water partition coefficient (Wildman–Crippen LogP) is 4.05. The molecule has 1 atom stereocenters. The molecular weight excluding hydrogens is 360 g/mol. The second-order valence-electron chi connectivity index (χ2n) is 6.68. The number of benzene rings is 2. The lowest BCUT2D eigenvalue weighted by molar-refractivity contribution is -0.136. The van der Waals surface area contributed by atoms with Crippen molar-refractivity contribution in [3.63, 3.8) is 0 Å². The molecule has 0 saturated carbocycles. The molecule has 6 nitrogen and oxygen atoms in total. The number of rotatable bonds is 11. The Morgan fingerprint density at radius 3 is 2.43 bits per heavy atom. The van der Waals surface area contributed by atoms with Crippen LogP contribution in [0.3, 0.4) is 0 Å². The number of hydrogen-bond donors (Lipinski definition) is 3. The van der Waals surface area contributed by atoms with E-state index in [0.717, 1.165) is 25.7 Å². The first-order chi connectivity index (χ1) is 13.4. The van der Waals surface area contributed by atoms with Crippen LogP contribution in [0.5, 0.6) is 5.75 Å². The summed E-state index contributed by atoms with van der Waals surface area (Å²) in [6.45, 7) is 2.64. The molecule has 0 spiro atoms. The summed E-state index contributed by atoms with van der Waals surface area (Å²) < 4.78 is 5.75. The number of carbonyl (C=O) groups is 2. The molecular formula is C22H26O6. The summed E-state index contributed by atoms with van der Waals surface area (Å²) in [6, 6.07) is 11.0. The number of unbranched alkanes of at least 4 members (excludes halogenated alkanes) is 3. The van der Waals surface area contributed by atoms with Crippen molar-refractivity contribution in [3.8, 4) is 5.75 Å². The van der Waals surface area contributed by atoms with Crippen LogP contribution >= 0.6 is 0 Å². The molecule has 1 unspecified atom stereocenters. The van der Waals surface area contributed by atoms with Crippen molar-refractivity contribution in [1.82, 2.24) is 0 Å². The Morgan fingerprint density at radius 2 is 1.75 bits per heavy atom.